The summed E-state index contributed by atoms with van der Waals surface area (Å²) in [5, 5.41) is 2.88. The molecule has 3 N–H and O–H groups in total. The van der Waals surface area contributed by atoms with Crippen molar-refractivity contribution in [3.05, 3.63) is 65.7 Å². The van der Waals surface area contributed by atoms with Crippen molar-refractivity contribution in [1.82, 2.24) is 0 Å². The lowest BCUT2D eigenvalue weighted by Gasteiger charge is -2.19. The normalized spacial score (nSPS) is 12.2. The van der Waals surface area contributed by atoms with Gasteiger partial charge in [-0.1, -0.05) is 63.2 Å². The molecule has 1 amide bonds. The van der Waals surface area contributed by atoms with Crippen molar-refractivity contribution in [2.75, 3.05) is 5.32 Å². The third kappa shape index (κ3) is 5.70. The van der Waals surface area contributed by atoms with Crippen LogP contribution in [0.2, 0.25) is 0 Å². The lowest BCUT2D eigenvalue weighted by atomic mass is 9.87. The van der Waals surface area contributed by atoms with E-state index in [0.717, 1.165) is 11.3 Å². The molecule has 0 aliphatic carbocycles. The summed E-state index contributed by atoms with van der Waals surface area (Å²) in [6.07, 6.45) is 0.534. The minimum atomic E-state index is -0.551. The van der Waals surface area contributed by atoms with Crippen molar-refractivity contribution in [3.8, 4) is 0 Å². The molecule has 0 saturated heterocycles. The van der Waals surface area contributed by atoms with Crippen LogP contribution in [0.25, 0.3) is 0 Å². The van der Waals surface area contributed by atoms with Gasteiger partial charge in [-0.3, -0.25) is 4.79 Å². The standard InChI is InChI=1S/C19H24N2O.ClH/c1-19(2,3)15-9-11-16(12-10-15)21-18(22)17(20)13-14-7-5-4-6-8-14;/h4-12,17H,13,20H2,1-3H3,(H,21,22);1H. The molecule has 124 valence electrons. The van der Waals surface area contributed by atoms with Gasteiger partial charge in [-0.25, -0.2) is 0 Å². The highest BCUT2D eigenvalue weighted by molar-refractivity contribution is 5.94. The van der Waals surface area contributed by atoms with Gasteiger partial charge in [0.25, 0.3) is 0 Å². The highest BCUT2D eigenvalue weighted by Gasteiger charge is 2.16. The molecule has 0 fully saturated rings. The van der Waals surface area contributed by atoms with Gasteiger partial charge in [-0.2, -0.15) is 0 Å². The molecule has 0 aliphatic rings. The van der Waals surface area contributed by atoms with Crippen LogP contribution in [0.4, 0.5) is 5.69 Å². The van der Waals surface area contributed by atoms with E-state index in [1.54, 1.807) is 0 Å². The van der Waals surface area contributed by atoms with E-state index in [-0.39, 0.29) is 23.7 Å². The van der Waals surface area contributed by atoms with Gasteiger partial charge >= 0.3 is 0 Å². The maximum absolute atomic E-state index is 12.2. The Morgan fingerprint density at radius 2 is 1.61 bits per heavy atom. The molecule has 1 atom stereocenters. The average Bonchev–Trinajstić information content (AvgIpc) is 2.48. The van der Waals surface area contributed by atoms with Crippen molar-refractivity contribution in [2.24, 2.45) is 5.73 Å². The smallest absolute Gasteiger partial charge is 0.241 e. The molecule has 0 saturated carbocycles. The van der Waals surface area contributed by atoms with E-state index in [2.05, 4.69) is 26.1 Å². The summed E-state index contributed by atoms with van der Waals surface area (Å²) in [5.41, 5.74) is 9.17. The molecule has 0 radical (unpaired) electrons. The van der Waals surface area contributed by atoms with Crippen molar-refractivity contribution in [2.45, 2.75) is 38.6 Å². The number of amides is 1. The fourth-order valence-electron chi connectivity index (χ4n) is 2.25. The third-order valence-electron chi connectivity index (χ3n) is 3.65. The van der Waals surface area contributed by atoms with Crippen LogP contribution in [0.15, 0.2) is 54.6 Å². The number of halogens is 1. The third-order valence-corrected chi connectivity index (χ3v) is 3.65. The van der Waals surface area contributed by atoms with Crippen molar-refractivity contribution in [3.63, 3.8) is 0 Å². The Labute approximate surface area is 144 Å². The molecule has 0 heterocycles. The number of carbonyl (C=O) groups is 1. The predicted octanol–water partition coefficient (Wildman–Crippen LogP) is 3.91. The molecule has 2 aromatic carbocycles. The van der Waals surface area contributed by atoms with Crippen molar-refractivity contribution >= 4 is 24.0 Å². The largest absolute Gasteiger partial charge is 0.325 e. The van der Waals surface area contributed by atoms with E-state index >= 15 is 0 Å². The van der Waals surface area contributed by atoms with Crippen LogP contribution in [0, 0.1) is 0 Å². The molecular formula is C19H25ClN2O. The summed E-state index contributed by atoms with van der Waals surface area (Å²) in [7, 11) is 0. The molecule has 2 rings (SSSR count). The zero-order chi connectivity index (χ0) is 16.2. The molecule has 0 spiro atoms. The molecule has 0 aliphatic heterocycles. The van der Waals surface area contributed by atoms with Gasteiger partial charge < -0.3 is 11.1 Å². The van der Waals surface area contributed by atoms with Crippen molar-refractivity contribution in [1.29, 1.82) is 0 Å². The lowest BCUT2D eigenvalue weighted by Crippen LogP contribution is -2.37. The summed E-state index contributed by atoms with van der Waals surface area (Å²) in [6, 6.07) is 17.2. The summed E-state index contributed by atoms with van der Waals surface area (Å²) >= 11 is 0. The molecule has 1 unspecified atom stereocenters. The van der Waals surface area contributed by atoms with Crippen LogP contribution in [0.1, 0.15) is 31.9 Å². The van der Waals surface area contributed by atoms with E-state index in [1.807, 2.05) is 54.6 Å². The lowest BCUT2D eigenvalue weighted by molar-refractivity contribution is -0.117. The summed E-state index contributed by atoms with van der Waals surface area (Å²) in [6.45, 7) is 6.49. The zero-order valence-electron chi connectivity index (χ0n) is 13.9. The predicted molar refractivity (Wildman–Crippen MR) is 99.1 cm³/mol. The molecule has 23 heavy (non-hydrogen) atoms. The SMILES string of the molecule is CC(C)(C)c1ccc(NC(=O)C(N)Cc2ccccc2)cc1.Cl. The second kappa shape index (κ2) is 8.14. The number of nitrogens with two attached hydrogens (primary N) is 1. The van der Waals surface area contributed by atoms with E-state index in [0.29, 0.717) is 6.42 Å². The van der Waals surface area contributed by atoms with Gasteiger partial charge in [0.05, 0.1) is 6.04 Å². The van der Waals surface area contributed by atoms with Crippen LogP contribution < -0.4 is 11.1 Å². The first-order valence-electron chi connectivity index (χ1n) is 7.57. The molecule has 0 bridgehead atoms. The topological polar surface area (TPSA) is 55.1 Å². The number of anilines is 1. The number of benzene rings is 2. The van der Waals surface area contributed by atoms with Crippen LogP contribution in [-0.4, -0.2) is 11.9 Å². The van der Waals surface area contributed by atoms with E-state index in [9.17, 15) is 4.79 Å². The number of carbonyl (C=O) groups excluding carboxylic acids is 1. The molecule has 3 nitrogen and oxygen atoms in total. The molecule has 0 aromatic heterocycles. The first kappa shape index (κ1) is 19.2. The van der Waals surface area contributed by atoms with Gasteiger partial charge in [0, 0.05) is 5.69 Å². The van der Waals surface area contributed by atoms with E-state index in [1.165, 1.54) is 5.56 Å². The Bertz CT molecular complexity index is 618. The first-order valence-corrected chi connectivity index (χ1v) is 7.57. The maximum Gasteiger partial charge on any atom is 0.241 e. The highest BCUT2D eigenvalue weighted by Crippen LogP contribution is 2.23. The molecular weight excluding hydrogens is 308 g/mol. The minimum Gasteiger partial charge on any atom is -0.325 e. The van der Waals surface area contributed by atoms with E-state index < -0.39 is 6.04 Å². The van der Waals surface area contributed by atoms with Gasteiger partial charge in [-0.15, -0.1) is 12.4 Å². The Morgan fingerprint density at radius 3 is 2.13 bits per heavy atom. The van der Waals surface area contributed by atoms with Gasteiger partial charge in [0.1, 0.15) is 0 Å². The first-order chi connectivity index (χ1) is 10.4. The number of nitrogens with one attached hydrogen (secondary N) is 1. The Morgan fingerprint density at radius 1 is 1.04 bits per heavy atom. The zero-order valence-corrected chi connectivity index (χ0v) is 14.7. The van der Waals surface area contributed by atoms with Crippen LogP contribution in [0.3, 0.4) is 0 Å². The molecule has 4 heteroatoms. The average molecular weight is 333 g/mol. The van der Waals surface area contributed by atoms with Gasteiger partial charge in [0.15, 0.2) is 0 Å². The maximum atomic E-state index is 12.2. The Kier molecular flexibility index (Phi) is 6.79. The molecule has 2 aromatic rings. The fraction of sp³-hybridized carbons (Fsp3) is 0.316. The van der Waals surface area contributed by atoms with Crippen LogP contribution in [-0.2, 0) is 16.6 Å². The van der Waals surface area contributed by atoms with Crippen molar-refractivity contribution < 1.29 is 4.79 Å². The number of hydrogen-bond acceptors (Lipinski definition) is 2. The summed E-state index contributed by atoms with van der Waals surface area (Å²) in [4.78, 5) is 12.2. The van der Waals surface area contributed by atoms with Crippen LogP contribution in [0.5, 0.6) is 0 Å². The minimum absolute atomic E-state index is 0. The monoisotopic (exact) mass is 332 g/mol. The van der Waals surface area contributed by atoms with Gasteiger partial charge in [0.2, 0.25) is 5.91 Å². The van der Waals surface area contributed by atoms with E-state index in [4.69, 9.17) is 5.73 Å². The summed E-state index contributed by atoms with van der Waals surface area (Å²) < 4.78 is 0. The second-order valence-electron chi connectivity index (χ2n) is 6.61. The summed E-state index contributed by atoms with van der Waals surface area (Å²) in [5.74, 6) is -0.160. The number of hydrogen-bond donors (Lipinski definition) is 2. The quantitative estimate of drug-likeness (QED) is 0.891. The number of rotatable bonds is 4. The fourth-order valence-corrected chi connectivity index (χ4v) is 2.25. The second-order valence-corrected chi connectivity index (χ2v) is 6.61. The highest BCUT2D eigenvalue weighted by atomic mass is 35.5. The Balaban J connectivity index is 0.00000264. The Hall–Kier alpha value is -1.84. The van der Waals surface area contributed by atoms with Crippen LogP contribution >= 0.6 is 12.4 Å². The van der Waals surface area contributed by atoms with Gasteiger partial charge in [-0.05, 0) is 35.1 Å².